The molecule has 0 aromatic rings. The maximum atomic E-state index is 11.9. The molecule has 1 heterocycles. The van der Waals surface area contributed by atoms with E-state index in [4.69, 9.17) is 18.0 Å². The number of likely N-dealkylation sites (tertiary alicyclic amines) is 1. The quantitative estimate of drug-likeness (QED) is 0.719. The topological polar surface area (TPSA) is 49.6 Å². The first-order chi connectivity index (χ1) is 7.56. The number of carbonyl (C=O) groups is 1. The van der Waals surface area contributed by atoms with Crippen molar-refractivity contribution >= 4 is 23.1 Å². The van der Waals surface area contributed by atoms with E-state index < -0.39 is 0 Å². The van der Waals surface area contributed by atoms with Crippen molar-refractivity contribution in [3.05, 3.63) is 0 Å². The third-order valence-corrected chi connectivity index (χ3v) is 3.36. The average Bonchev–Trinajstić information content (AvgIpc) is 2.70. The van der Waals surface area contributed by atoms with E-state index >= 15 is 0 Å². The third-order valence-electron chi connectivity index (χ3n) is 3.09. The van der Waals surface area contributed by atoms with Crippen LogP contribution >= 0.6 is 12.2 Å². The first-order valence-corrected chi connectivity index (χ1v) is 6.24. The standard InChI is InChI=1S/C11H21N3OS/c1-3-9(11(12)16)13(2)8-10(15)14-6-4-5-7-14/h9H,3-8H2,1-2H3,(H2,12,16). The summed E-state index contributed by atoms with van der Waals surface area (Å²) in [6.45, 7) is 4.24. The van der Waals surface area contributed by atoms with E-state index in [2.05, 4.69) is 0 Å². The minimum absolute atomic E-state index is 0.0292. The fourth-order valence-electron chi connectivity index (χ4n) is 2.12. The van der Waals surface area contributed by atoms with E-state index in [0.29, 0.717) is 11.5 Å². The van der Waals surface area contributed by atoms with Crippen LogP contribution in [0, 0.1) is 0 Å². The van der Waals surface area contributed by atoms with Crippen LogP contribution in [0.15, 0.2) is 0 Å². The van der Waals surface area contributed by atoms with Crippen LogP contribution in [0.4, 0.5) is 0 Å². The lowest BCUT2D eigenvalue weighted by Gasteiger charge is -2.27. The van der Waals surface area contributed by atoms with Gasteiger partial charge in [0.15, 0.2) is 0 Å². The van der Waals surface area contributed by atoms with Gasteiger partial charge >= 0.3 is 0 Å². The van der Waals surface area contributed by atoms with E-state index in [9.17, 15) is 4.79 Å². The van der Waals surface area contributed by atoms with Crippen LogP contribution in [-0.2, 0) is 4.79 Å². The zero-order valence-corrected chi connectivity index (χ0v) is 10.9. The molecule has 1 rings (SSSR count). The number of hydrogen-bond donors (Lipinski definition) is 1. The maximum absolute atomic E-state index is 11.9. The minimum atomic E-state index is 0.0292. The molecule has 5 heteroatoms. The SMILES string of the molecule is CCC(C(N)=S)N(C)CC(=O)N1CCCC1. The van der Waals surface area contributed by atoms with Crippen LogP contribution in [0.2, 0.25) is 0 Å². The van der Waals surface area contributed by atoms with Gasteiger partial charge in [-0.05, 0) is 26.3 Å². The Bertz CT molecular complexity index is 264. The van der Waals surface area contributed by atoms with Gasteiger partial charge in [0.2, 0.25) is 5.91 Å². The Morgan fingerprint density at radius 3 is 2.50 bits per heavy atom. The van der Waals surface area contributed by atoms with E-state index in [-0.39, 0.29) is 11.9 Å². The molecule has 0 aromatic heterocycles. The molecule has 16 heavy (non-hydrogen) atoms. The first-order valence-electron chi connectivity index (χ1n) is 5.83. The van der Waals surface area contributed by atoms with Gasteiger partial charge in [0.05, 0.1) is 17.6 Å². The van der Waals surface area contributed by atoms with Crippen LogP contribution in [0.25, 0.3) is 0 Å². The molecule has 92 valence electrons. The van der Waals surface area contributed by atoms with Crippen LogP contribution < -0.4 is 5.73 Å². The minimum Gasteiger partial charge on any atom is -0.392 e. The fraction of sp³-hybridized carbons (Fsp3) is 0.818. The van der Waals surface area contributed by atoms with Crippen LogP contribution in [-0.4, -0.2) is 53.4 Å². The third kappa shape index (κ3) is 3.42. The molecule has 1 aliphatic rings. The van der Waals surface area contributed by atoms with Crippen molar-refractivity contribution in [2.75, 3.05) is 26.7 Å². The van der Waals surface area contributed by atoms with Gasteiger partial charge in [-0.15, -0.1) is 0 Å². The van der Waals surface area contributed by atoms with Crippen molar-refractivity contribution in [1.82, 2.24) is 9.80 Å². The van der Waals surface area contributed by atoms with E-state index in [0.717, 1.165) is 32.4 Å². The van der Waals surface area contributed by atoms with Gasteiger partial charge < -0.3 is 10.6 Å². The normalized spacial score (nSPS) is 17.8. The van der Waals surface area contributed by atoms with Gasteiger partial charge in [-0.3, -0.25) is 9.69 Å². The number of carbonyl (C=O) groups excluding carboxylic acids is 1. The first kappa shape index (κ1) is 13.4. The molecule has 1 fully saturated rings. The summed E-state index contributed by atoms with van der Waals surface area (Å²) in [5.41, 5.74) is 5.64. The number of hydrogen-bond acceptors (Lipinski definition) is 3. The van der Waals surface area contributed by atoms with Crippen molar-refractivity contribution in [2.24, 2.45) is 5.73 Å². The van der Waals surface area contributed by atoms with Crippen molar-refractivity contribution in [2.45, 2.75) is 32.2 Å². The van der Waals surface area contributed by atoms with Gasteiger partial charge in [-0.2, -0.15) is 0 Å². The van der Waals surface area contributed by atoms with Crippen molar-refractivity contribution in [3.63, 3.8) is 0 Å². The Labute approximate surface area is 103 Å². The average molecular weight is 243 g/mol. The van der Waals surface area contributed by atoms with Crippen molar-refractivity contribution in [3.8, 4) is 0 Å². The molecule has 1 unspecified atom stereocenters. The molecule has 0 bridgehead atoms. The van der Waals surface area contributed by atoms with Crippen LogP contribution in [0.3, 0.4) is 0 Å². The lowest BCUT2D eigenvalue weighted by atomic mass is 10.2. The molecular weight excluding hydrogens is 222 g/mol. The predicted octanol–water partition coefficient (Wildman–Crippen LogP) is 0.605. The van der Waals surface area contributed by atoms with Gasteiger partial charge in [-0.1, -0.05) is 19.1 Å². The summed E-state index contributed by atoms with van der Waals surface area (Å²) in [5, 5.41) is 0. The highest BCUT2D eigenvalue weighted by atomic mass is 32.1. The predicted molar refractivity (Wildman–Crippen MR) is 69.3 cm³/mol. The molecule has 1 saturated heterocycles. The summed E-state index contributed by atoms with van der Waals surface area (Å²) in [5.74, 6) is 0.190. The summed E-state index contributed by atoms with van der Waals surface area (Å²) >= 11 is 4.99. The molecule has 0 radical (unpaired) electrons. The number of rotatable bonds is 5. The largest absolute Gasteiger partial charge is 0.392 e. The number of likely N-dealkylation sites (N-methyl/N-ethyl adjacent to an activating group) is 1. The Morgan fingerprint density at radius 1 is 1.50 bits per heavy atom. The Morgan fingerprint density at radius 2 is 2.06 bits per heavy atom. The maximum Gasteiger partial charge on any atom is 0.236 e. The molecular formula is C11H21N3OS. The molecule has 1 amide bonds. The second-order valence-electron chi connectivity index (χ2n) is 4.33. The van der Waals surface area contributed by atoms with Gasteiger partial charge in [-0.25, -0.2) is 0 Å². The lowest BCUT2D eigenvalue weighted by molar-refractivity contribution is -0.131. The van der Waals surface area contributed by atoms with Crippen molar-refractivity contribution < 1.29 is 4.79 Å². The van der Waals surface area contributed by atoms with Crippen LogP contribution in [0.1, 0.15) is 26.2 Å². The molecule has 0 saturated carbocycles. The second kappa shape index (κ2) is 6.15. The monoisotopic (exact) mass is 243 g/mol. The van der Waals surface area contributed by atoms with Gasteiger partial charge in [0, 0.05) is 13.1 Å². The van der Waals surface area contributed by atoms with Crippen LogP contribution in [0.5, 0.6) is 0 Å². The van der Waals surface area contributed by atoms with E-state index in [1.54, 1.807) is 0 Å². The second-order valence-corrected chi connectivity index (χ2v) is 4.80. The molecule has 0 aliphatic carbocycles. The van der Waals surface area contributed by atoms with Gasteiger partial charge in [0.1, 0.15) is 0 Å². The molecule has 1 aliphatic heterocycles. The molecule has 1 atom stereocenters. The highest BCUT2D eigenvalue weighted by molar-refractivity contribution is 7.80. The van der Waals surface area contributed by atoms with Crippen molar-refractivity contribution in [1.29, 1.82) is 0 Å². The summed E-state index contributed by atoms with van der Waals surface area (Å²) in [7, 11) is 1.90. The number of amides is 1. The molecule has 0 aromatic carbocycles. The number of thiocarbonyl (C=S) groups is 1. The van der Waals surface area contributed by atoms with Gasteiger partial charge in [0.25, 0.3) is 0 Å². The number of nitrogens with zero attached hydrogens (tertiary/aromatic N) is 2. The summed E-state index contributed by atoms with van der Waals surface area (Å²) in [6.07, 6.45) is 3.10. The smallest absolute Gasteiger partial charge is 0.236 e. The zero-order valence-electron chi connectivity index (χ0n) is 10.1. The highest BCUT2D eigenvalue weighted by Crippen LogP contribution is 2.09. The Hall–Kier alpha value is -0.680. The Balaban J connectivity index is 2.45. The fourth-order valence-corrected chi connectivity index (χ4v) is 2.47. The highest BCUT2D eigenvalue weighted by Gasteiger charge is 2.22. The van der Waals surface area contributed by atoms with E-state index in [1.165, 1.54) is 0 Å². The van der Waals surface area contributed by atoms with E-state index in [1.807, 2.05) is 23.8 Å². The number of nitrogens with two attached hydrogens (primary N) is 1. The lowest BCUT2D eigenvalue weighted by Crippen LogP contribution is -2.46. The summed E-state index contributed by atoms with van der Waals surface area (Å²) < 4.78 is 0. The molecule has 4 nitrogen and oxygen atoms in total. The molecule has 2 N–H and O–H groups in total. The molecule has 0 spiro atoms. The summed E-state index contributed by atoms with van der Waals surface area (Å²) in [4.78, 5) is 16.2. The zero-order chi connectivity index (χ0) is 12.1. The summed E-state index contributed by atoms with van der Waals surface area (Å²) in [6, 6.07) is 0.0292. The Kier molecular flexibility index (Phi) is 5.15.